The van der Waals surface area contributed by atoms with Crippen LogP contribution in [0.25, 0.3) is 0 Å². The molecule has 2 rings (SSSR count). The summed E-state index contributed by atoms with van der Waals surface area (Å²) in [4.78, 5) is 10.6. The molecule has 0 aliphatic rings. The summed E-state index contributed by atoms with van der Waals surface area (Å²) in [5.74, 6) is -1.27. The van der Waals surface area contributed by atoms with Crippen molar-refractivity contribution < 1.29 is 13.2 Å². The maximum Gasteiger partial charge on any atom is 0.451 e. The van der Waals surface area contributed by atoms with Gasteiger partial charge in [0.05, 0.1) is 4.47 Å². The second-order valence-corrected chi connectivity index (χ2v) is 5.49. The second-order valence-electron chi connectivity index (χ2n) is 3.24. The quantitative estimate of drug-likeness (QED) is 0.732. The van der Waals surface area contributed by atoms with E-state index in [1.165, 1.54) is 12.3 Å². The van der Waals surface area contributed by atoms with Crippen LogP contribution in [0.1, 0.15) is 5.82 Å². The van der Waals surface area contributed by atoms with Gasteiger partial charge in [-0.3, -0.25) is 0 Å². The lowest BCUT2D eigenvalue weighted by atomic mass is 10.5. The smallest absolute Gasteiger partial charge is 0.248 e. The normalized spacial score (nSPS) is 11.6. The van der Waals surface area contributed by atoms with Gasteiger partial charge >= 0.3 is 6.18 Å². The van der Waals surface area contributed by atoms with Crippen LogP contribution in [0.2, 0.25) is 5.15 Å². The molecule has 0 atom stereocenters. The SMILES string of the molecule is FC(F)(F)c1nc(Cl)cc(Sc2ncccc2Br)n1. The monoisotopic (exact) mass is 369 g/mol. The molecule has 0 aliphatic carbocycles. The van der Waals surface area contributed by atoms with E-state index in [9.17, 15) is 13.2 Å². The molecule has 0 unspecified atom stereocenters. The van der Waals surface area contributed by atoms with Crippen molar-refractivity contribution in [3.63, 3.8) is 0 Å². The first kappa shape index (κ1) is 14.5. The summed E-state index contributed by atoms with van der Waals surface area (Å²) >= 11 is 9.78. The van der Waals surface area contributed by atoms with Gasteiger partial charge in [0.2, 0.25) is 5.82 Å². The van der Waals surface area contributed by atoms with Gasteiger partial charge in [0.1, 0.15) is 15.2 Å². The summed E-state index contributed by atoms with van der Waals surface area (Å²) in [6.45, 7) is 0. The van der Waals surface area contributed by atoms with E-state index in [0.29, 0.717) is 9.50 Å². The number of hydrogen-bond donors (Lipinski definition) is 0. The van der Waals surface area contributed by atoms with Crippen LogP contribution in [0.15, 0.2) is 38.9 Å². The van der Waals surface area contributed by atoms with E-state index >= 15 is 0 Å². The molecule has 0 saturated heterocycles. The molecule has 3 nitrogen and oxygen atoms in total. The fraction of sp³-hybridized carbons (Fsp3) is 0.100. The van der Waals surface area contributed by atoms with Gasteiger partial charge in [0.25, 0.3) is 0 Å². The van der Waals surface area contributed by atoms with E-state index in [4.69, 9.17) is 11.6 Å². The lowest BCUT2D eigenvalue weighted by Crippen LogP contribution is -2.11. The molecule has 100 valence electrons. The largest absolute Gasteiger partial charge is 0.451 e. The van der Waals surface area contributed by atoms with Gasteiger partial charge < -0.3 is 0 Å². The molecule has 2 aromatic rings. The summed E-state index contributed by atoms with van der Waals surface area (Å²) in [6, 6.07) is 4.67. The van der Waals surface area contributed by atoms with Crippen molar-refractivity contribution >= 4 is 39.3 Å². The van der Waals surface area contributed by atoms with Crippen LogP contribution in [0.4, 0.5) is 13.2 Å². The van der Waals surface area contributed by atoms with Crippen molar-refractivity contribution in [3.05, 3.63) is 39.8 Å². The van der Waals surface area contributed by atoms with Crippen molar-refractivity contribution in [2.24, 2.45) is 0 Å². The summed E-state index contributed by atoms with van der Waals surface area (Å²) in [6.07, 6.45) is -3.11. The van der Waals surface area contributed by atoms with Crippen LogP contribution in [0.5, 0.6) is 0 Å². The van der Waals surface area contributed by atoms with E-state index in [0.717, 1.165) is 11.8 Å². The van der Waals surface area contributed by atoms with Crippen LogP contribution < -0.4 is 0 Å². The fourth-order valence-corrected chi connectivity index (χ4v) is 2.65. The van der Waals surface area contributed by atoms with Crippen molar-refractivity contribution in [2.75, 3.05) is 0 Å². The highest BCUT2D eigenvalue weighted by Crippen LogP contribution is 2.34. The first-order chi connectivity index (χ1) is 8.86. The lowest BCUT2D eigenvalue weighted by molar-refractivity contribution is -0.145. The van der Waals surface area contributed by atoms with Crippen LogP contribution in [-0.4, -0.2) is 15.0 Å². The lowest BCUT2D eigenvalue weighted by Gasteiger charge is -2.07. The molecule has 0 amide bonds. The van der Waals surface area contributed by atoms with Crippen molar-refractivity contribution in [1.82, 2.24) is 15.0 Å². The molecule has 0 saturated carbocycles. The minimum Gasteiger partial charge on any atom is -0.248 e. The van der Waals surface area contributed by atoms with Crippen LogP contribution >= 0.6 is 39.3 Å². The third-order valence-electron chi connectivity index (χ3n) is 1.85. The Kier molecular flexibility index (Phi) is 4.32. The van der Waals surface area contributed by atoms with Gasteiger partial charge in [-0.25, -0.2) is 15.0 Å². The van der Waals surface area contributed by atoms with Crippen LogP contribution in [0, 0.1) is 0 Å². The predicted octanol–water partition coefficient (Wildman–Crippen LogP) is 4.46. The number of nitrogens with zero attached hydrogens (tertiary/aromatic N) is 3. The van der Waals surface area contributed by atoms with Gasteiger partial charge in [-0.15, -0.1) is 0 Å². The van der Waals surface area contributed by atoms with E-state index in [1.807, 2.05) is 0 Å². The molecule has 0 fully saturated rings. The van der Waals surface area contributed by atoms with Crippen molar-refractivity contribution in [1.29, 1.82) is 0 Å². The average Bonchev–Trinajstić information content (AvgIpc) is 2.30. The number of hydrogen-bond acceptors (Lipinski definition) is 4. The molecule has 2 aromatic heterocycles. The number of aromatic nitrogens is 3. The molecule has 0 bridgehead atoms. The summed E-state index contributed by atoms with van der Waals surface area (Å²) < 4.78 is 38.3. The molecule has 2 heterocycles. The number of rotatable bonds is 2. The summed E-state index contributed by atoms with van der Waals surface area (Å²) in [7, 11) is 0. The van der Waals surface area contributed by atoms with Gasteiger partial charge in [-0.05, 0) is 39.8 Å². The molecular weight excluding hydrogens is 367 g/mol. The molecule has 0 N–H and O–H groups in total. The topological polar surface area (TPSA) is 38.7 Å². The molecular formula is C10H4BrClF3N3S. The highest BCUT2D eigenvalue weighted by molar-refractivity contribution is 9.10. The third-order valence-corrected chi connectivity index (χ3v) is 3.88. The highest BCUT2D eigenvalue weighted by Gasteiger charge is 2.35. The fourth-order valence-electron chi connectivity index (χ4n) is 1.12. The third kappa shape index (κ3) is 3.80. The summed E-state index contributed by atoms with van der Waals surface area (Å²) in [5.41, 5.74) is 0. The Morgan fingerprint density at radius 2 is 2.00 bits per heavy atom. The molecule has 0 aromatic carbocycles. The Morgan fingerprint density at radius 1 is 1.26 bits per heavy atom. The predicted molar refractivity (Wildman–Crippen MR) is 68.1 cm³/mol. The Balaban J connectivity index is 2.36. The maximum atomic E-state index is 12.5. The Bertz CT molecular complexity index is 609. The number of pyridine rings is 1. The van der Waals surface area contributed by atoms with E-state index in [2.05, 4.69) is 30.9 Å². The Hall–Kier alpha value is -0.860. The Labute approximate surface area is 123 Å². The standard InChI is InChI=1S/C10H4BrClF3N3S/c11-5-2-1-3-16-8(5)19-7-4-6(12)17-9(18-7)10(13,14)15/h1-4H. The average molecular weight is 371 g/mol. The highest BCUT2D eigenvalue weighted by atomic mass is 79.9. The zero-order valence-corrected chi connectivity index (χ0v) is 12.1. The maximum absolute atomic E-state index is 12.5. The van der Waals surface area contributed by atoms with E-state index < -0.39 is 12.0 Å². The first-order valence-corrected chi connectivity index (χ1v) is 6.75. The minimum absolute atomic E-state index is 0.0757. The minimum atomic E-state index is -4.64. The van der Waals surface area contributed by atoms with Crippen molar-refractivity contribution in [3.8, 4) is 0 Å². The van der Waals surface area contributed by atoms with E-state index in [1.54, 1.807) is 12.1 Å². The zero-order valence-electron chi connectivity index (χ0n) is 8.95. The second kappa shape index (κ2) is 5.64. The molecule has 0 radical (unpaired) electrons. The van der Waals surface area contributed by atoms with Gasteiger partial charge in [0.15, 0.2) is 0 Å². The van der Waals surface area contributed by atoms with Gasteiger partial charge in [0, 0.05) is 12.3 Å². The zero-order chi connectivity index (χ0) is 14.0. The molecule has 19 heavy (non-hydrogen) atoms. The summed E-state index contributed by atoms with van der Waals surface area (Å²) in [5, 5.41) is 0.300. The number of halogens is 5. The molecule has 0 aliphatic heterocycles. The number of alkyl halides is 3. The van der Waals surface area contributed by atoms with Crippen LogP contribution in [0.3, 0.4) is 0 Å². The van der Waals surface area contributed by atoms with Gasteiger partial charge in [-0.1, -0.05) is 11.6 Å². The first-order valence-electron chi connectivity index (χ1n) is 4.76. The van der Waals surface area contributed by atoms with Crippen LogP contribution in [-0.2, 0) is 6.18 Å². The molecule has 9 heteroatoms. The molecule has 0 spiro atoms. The van der Waals surface area contributed by atoms with Crippen molar-refractivity contribution in [2.45, 2.75) is 16.2 Å². The van der Waals surface area contributed by atoms with Gasteiger partial charge in [-0.2, -0.15) is 13.2 Å². The Morgan fingerprint density at radius 3 is 2.63 bits per heavy atom. The van der Waals surface area contributed by atoms with E-state index in [-0.39, 0.29) is 10.2 Å².